The minimum Gasteiger partial charge on any atom is -0.236 e. The second kappa shape index (κ2) is 7.09. The lowest BCUT2D eigenvalue weighted by Crippen LogP contribution is -1.82. The summed E-state index contributed by atoms with van der Waals surface area (Å²) in [7, 11) is 0. The third-order valence-corrected chi connectivity index (χ3v) is 3.01. The first-order valence-corrected chi connectivity index (χ1v) is 7.05. The molecule has 0 saturated carbocycles. The van der Waals surface area contributed by atoms with Crippen molar-refractivity contribution in [3.8, 4) is 0 Å². The SMILES string of the molecule is C(=N\c1cccc(/N=C/c2ccccc2)n1)/c1ccccc1. The third kappa shape index (κ3) is 3.96. The van der Waals surface area contributed by atoms with E-state index >= 15 is 0 Å². The molecule has 3 rings (SSSR count). The predicted molar refractivity (Wildman–Crippen MR) is 91.6 cm³/mol. The average molecular weight is 285 g/mol. The Morgan fingerprint density at radius 3 is 1.45 bits per heavy atom. The van der Waals surface area contributed by atoms with Crippen molar-refractivity contribution in [3.63, 3.8) is 0 Å². The van der Waals surface area contributed by atoms with E-state index in [-0.39, 0.29) is 0 Å². The van der Waals surface area contributed by atoms with Crippen molar-refractivity contribution in [2.45, 2.75) is 0 Å². The van der Waals surface area contributed by atoms with Crippen LogP contribution in [-0.4, -0.2) is 17.4 Å². The maximum Gasteiger partial charge on any atom is 0.154 e. The van der Waals surface area contributed by atoms with Crippen LogP contribution in [0.3, 0.4) is 0 Å². The Kier molecular flexibility index (Phi) is 4.47. The fourth-order valence-corrected chi connectivity index (χ4v) is 1.92. The molecule has 22 heavy (non-hydrogen) atoms. The van der Waals surface area contributed by atoms with Gasteiger partial charge in [0.05, 0.1) is 0 Å². The van der Waals surface area contributed by atoms with Crippen molar-refractivity contribution in [2.75, 3.05) is 0 Å². The van der Waals surface area contributed by atoms with Gasteiger partial charge in [0, 0.05) is 12.4 Å². The van der Waals surface area contributed by atoms with Gasteiger partial charge < -0.3 is 0 Å². The van der Waals surface area contributed by atoms with E-state index in [9.17, 15) is 0 Å². The van der Waals surface area contributed by atoms with E-state index in [1.165, 1.54) is 0 Å². The molecule has 1 heterocycles. The fourth-order valence-electron chi connectivity index (χ4n) is 1.92. The molecule has 3 nitrogen and oxygen atoms in total. The van der Waals surface area contributed by atoms with Crippen molar-refractivity contribution in [2.24, 2.45) is 9.98 Å². The zero-order valence-electron chi connectivity index (χ0n) is 12.0. The quantitative estimate of drug-likeness (QED) is 0.646. The summed E-state index contributed by atoms with van der Waals surface area (Å²) < 4.78 is 0. The van der Waals surface area contributed by atoms with Crippen LogP contribution in [0.1, 0.15) is 11.1 Å². The van der Waals surface area contributed by atoms with Crippen molar-refractivity contribution in [1.29, 1.82) is 0 Å². The summed E-state index contributed by atoms with van der Waals surface area (Å²) in [5, 5.41) is 0. The number of nitrogens with zero attached hydrogens (tertiary/aromatic N) is 3. The maximum absolute atomic E-state index is 4.41. The van der Waals surface area contributed by atoms with E-state index in [0.717, 1.165) is 11.1 Å². The summed E-state index contributed by atoms with van der Waals surface area (Å²) in [6.45, 7) is 0. The summed E-state index contributed by atoms with van der Waals surface area (Å²) in [4.78, 5) is 13.2. The monoisotopic (exact) mass is 285 g/mol. The Balaban J connectivity index is 1.75. The van der Waals surface area contributed by atoms with E-state index < -0.39 is 0 Å². The molecule has 106 valence electrons. The first-order chi connectivity index (χ1) is 10.9. The lowest BCUT2D eigenvalue weighted by molar-refractivity contribution is 1.25. The van der Waals surface area contributed by atoms with Crippen molar-refractivity contribution < 1.29 is 0 Å². The summed E-state index contributed by atoms with van der Waals surface area (Å²) in [5.41, 5.74) is 2.09. The molecule has 0 saturated heterocycles. The molecule has 0 amide bonds. The van der Waals surface area contributed by atoms with Crippen LogP contribution in [0, 0.1) is 0 Å². The molecule has 0 unspecified atom stereocenters. The molecule has 0 aliphatic rings. The Morgan fingerprint density at radius 1 is 0.545 bits per heavy atom. The first kappa shape index (κ1) is 13.9. The second-order valence-electron chi connectivity index (χ2n) is 4.69. The van der Waals surface area contributed by atoms with Gasteiger partial charge in [0.15, 0.2) is 11.6 Å². The lowest BCUT2D eigenvalue weighted by atomic mass is 10.2. The highest BCUT2D eigenvalue weighted by molar-refractivity contribution is 5.82. The molecule has 0 fully saturated rings. The highest BCUT2D eigenvalue weighted by atomic mass is 15.0. The van der Waals surface area contributed by atoms with Gasteiger partial charge in [-0.25, -0.2) is 15.0 Å². The predicted octanol–water partition coefficient (Wildman–Crippen LogP) is 4.58. The summed E-state index contributed by atoms with van der Waals surface area (Å²) in [6, 6.07) is 25.5. The van der Waals surface area contributed by atoms with Crippen LogP contribution in [-0.2, 0) is 0 Å². The van der Waals surface area contributed by atoms with Gasteiger partial charge in [0.2, 0.25) is 0 Å². The summed E-state index contributed by atoms with van der Waals surface area (Å²) in [6.07, 6.45) is 3.60. The van der Waals surface area contributed by atoms with E-state index in [0.29, 0.717) is 11.6 Å². The van der Waals surface area contributed by atoms with Gasteiger partial charge in [-0.1, -0.05) is 66.7 Å². The molecule has 0 aliphatic carbocycles. The first-order valence-electron chi connectivity index (χ1n) is 7.05. The minimum atomic E-state index is 0.645. The van der Waals surface area contributed by atoms with Crippen LogP contribution >= 0.6 is 0 Å². The number of aliphatic imine (C=N–C) groups is 2. The molecule has 0 aliphatic heterocycles. The smallest absolute Gasteiger partial charge is 0.154 e. The van der Waals surface area contributed by atoms with Gasteiger partial charge in [0.25, 0.3) is 0 Å². The van der Waals surface area contributed by atoms with Crippen LogP contribution in [0.25, 0.3) is 0 Å². The number of hydrogen-bond acceptors (Lipinski definition) is 3. The van der Waals surface area contributed by atoms with Gasteiger partial charge in [0.1, 0.15) is 0 Å². The average Bonchev–Trinajstić information content (AvgIpc) is 2.60. The Morgan fingerprint density at radius 2 is 1.00 bits per heavy atom. The molecule has 0 spiro atoms. The highest BCUT2D eigenvalue weighted by Gasteiger charge is 1.94. The summed E-state index contributed by atoms with van der Waals surface area (Å²) >= 11 is 0. The van der Waals surface area contributed by atoms with Crippen molar-refractivity contribution >= 4 is 24.1 Å². The molecule has 0 bridgehead atoms. The number of pyridine rings is 1. The lowest BCUT2D eigenvalue weighted by Gasteiger charge is -1.96. The molecule has 1 aromatic heterocycles. The minimum absolute atomic E-state index is 0.645. The number of benzene rings is 2. The topological polar surface area (TPSA) is 37.6 Å². The van der Waals surface area contributed by atoms with Crippen LogP contribution in [0.15, 0.2) is 88.8 Å². The molecule has 0 N–H and O–H groups in total. The highest BCUT2D eigenvalue weighted by Crippen LogP contribution is 2.15. The molecule has 0 atom stereocenters. The van der Waals surface area contributed by atoms with E-state index in [1.54, 1.807) is 12.4 Å². The van der Waals surface area contributed by atoms with Crippen molar-refractivity contribution in [1.82, 2.24) is 4.98 Å². The van der Waals surface area contributed by atoms with Gasteiger partial charge >= 0.3 is 0 Å². The molecule has 3 aromatic rings. The zero-order valence-corrected chi connectivity index (χ0v) is 12.0. The van der Waals surface area contributed by atoms with Crippen LogP contribution in [0.5, 0.6) is 0 Å². The Labute approximate surface area is 129 Å². The van der Waals surface area contributed by atoms with Crippen LogP contribution < -0.4 is 0 Å². The number of hydrogen-bond donors (Lipinski definition) is 0. The molecule has 0 radical (unpaired) electrons. The Hall–Kier alpha value is -3.07. The maximum atomic E-state index is 4.41. The number of aromatic nitrogens is 1. The number of rotatable bonds is 4. The molecular formula is C19H15N3. The third-order valence-electron chi connectivity index (χ3n) is 3.01. The molecule has 2 aromatic carbocycles. The van der Waals surface area contributed by atoms with Gasteiger partial charge in [-0.3, -0.25) is 0 Å². The van der Waals surface area contributed by atoms with Gasteiger partial charge in [-0.2, -0.15) is 0 Å². The standard InChI is InChI=1S/C19H15N3/c1-3-8-16(9-4-1)14-20-18-12-7-13-19(22-18)21-15-17-10-5-2-6-11-17/h1-15H/b20-14+,21-15+. The zero-order chi connectivity index (χ0) is 15.0. The largest absolute Gasteiger partial charge is 0.236 e. The van der Waals surface area contributed by atoms with Gasteiger partial charge in [-0.05, 0) is 23.3 Å². The molecular weight excluding hydrogens is 270 g/mol. The van der Waals surface area contributed by atoms with Crippen LogP contribution in [0.2, 0.25) is 0 Å². The van der Waals surface area contributed by atoms with E-state index in [4.69, 9.17) is 0 Å². The van der Waals surface area contributed by atoms with E-state index in [1.807, 2.05) is 78.9 Å². The van der Waals surface area contributed by atoms with E-state index in [2.05, 4.69) is 15.0 Å². The molecule has 3 heteroatoms. The normalized spacial score (nSPS) is 11.3. The Bertz CT molecular complexity index is 713. The summed E-state index contributed by atoms with van der Waals surface area (Å²) in [5.74, 6) is 1.29. The van der Waals surface area contributed by atoms with Gasteiger partial charge in [-0.15, -0.1) is 0 Å². The second-order valence-corrected chi connectivity index (χ2v) is 4.69. The fraction of sp³-hybridized carbons (Fsp3) is 0. The van der Waals surface area contributed by atoms with Crippen molar-refractivity contribution in [3.05, 3.63) is 90.0 Å². The van der Waals surface area contributed by atoms with Crippen LogP contribution in [0.4, 0.5) is 11.6 Å².